The molecule has 2 aliphatic rings. The van der Waals surface area contributed by atoms with Crippen molar-refractivity contribution in [3.8, 4) is 0 Å². The molecule has 1 saturated carbocycles. The molecular weight excluding hydrogens is 344 g/mol. The smallest absolute Gasteiger partial charge is 0.324 e. The lowest BCUT2D eigenvalue weighted by Gasteiger charge is -2.45. The highest BCUT2D eigenvalue weighted by atomic mass is 16.2. The molecule has 0 bridgehead atoms. The van der Waals surface area contributed by atoms with E-state index >= 15 is 0 Å². The SMILES string of the molecule is CCCCN(C(=O)NCCN(C)C)C(=O)[C@@H]1C[C@@H]2CC(=O)CC[C@H]2N(C)C1. The monoisotopic (exact) mass is 380 g/mol. The molecule has 27 heavy (non-hydrogen) atoms. The molecule has 0 aromatic heterocycles. The van der Waals surface area contributed by atoms with Crippen molar-refractivity contribution < 1.29 is 14.4 Å². The summed E-state index contributed by atoms with van der Waals surface area (Å²) in [5.74, 6) is 0.249. The number of Topliss-reactive ketones (excluding diaryl/α,β-unsaturated/α-hetero) is 1. The first-order valence-corrected chi connectivity index (χ1v) is 10.3. The van der Waals surface area contributed by atoms with Gasteiger partial charge in [-0.25, -0.2) is 4.79 Å². The first-order valence-electron chi connectivity index (χ1n) is 10.3. The van der Waals surface area contributed by atoms with Crippen molar-refractivity contribution >= 4 is 17.7 Å². The zero-order valence-electron chi connectivity index (χ0n) is 17.4. The van der Waals surface area contributed by atoms with Crippen molar-refractivity contribution in [1.29, 1.82) is 0 Å². The Balaban J connectivity index is 2.02. The van der Waals surface area contributed by atoms with E-state index in [1.165, 1.54) is 4.90 Å². The first-order chi connectivity index (χ1) is 12.8. The number of urea groups is 1. The standard InChI is InChI=1S/C20H36N4O3/c1-5-6-10-24(20(27)21-9-11-22(2)3)19(26)16-12-15-13-17(25)7-8-18(15)23(4)14-16/h15-16,18H,5-14H2,1-4H3,(H,21,27)/t15-,16-,18-/m1/s1. The maximum Gasteiger partial charge on any atom is 0.324 e. The molecule has 0 radical (unpaired) electrons. The fourth-order valence-corrected chi connectivity index (χ4v) is 4.33. The molecule has 2 rings (SSSR count). The van der Waals surface area contributed by atoms with Crippen molar-refractivity contribution in [2.45, 2.75) is 51.5 Å². The molecule has 3 atom stereocenters. The molecule has 0 aromatic rings. The van der Waals surface area contributed by atoms with Gasteiger partial charge in [-0.2, -0.15) is 0 Å². The van der Waals surface area contributed by atoms with Gasteiger partial charge in [-0.15, -0.1) is 0 Å². The molecule has 1 aliphatic heterocycles. The number of hydrogen-bond donors (Lipinski definition) is 1. The van der Waals surface area contributed by atoms with Gasteiger partial charge in [0, 0.05) is 45.1 Å². The third kappa shape index (κ3) is 6.01. The number of piperidine rings is 1. The molecule has 3 amide bonds. The Morgan fingerprint density at radius 2 is 2.00 bits per heavy atom. The van der Waals surface area contributed by atoms with E-state index < -0.39 is 0 Å². The van der Waals surface area contributed by atoms with Gasteiger partial charge in [0.1, 0.15) is 5.78 Å². The second-order valence-electron chi connectivity index (χ2n) is 8.36. The van der Waals surface area contributed by atoms with Crippen LogP contribution in [0, 0.1) is 11.8 Å². The van der Waals surface area contributed by atoms with Crippen LogP contribution in [0.4, 0.5) is 4.79 Å². The third-order valence-electron chi connectivity index (χ3n) is 5.85. The topological polar surface area (TPSA) is 73.0 Å². The van der Waals surface area contributed by atoms with E-state index in [4.69, 9.17) is 0 Å². The van der Waals surface area contributed by atoms with E-state index in [0.717, 1.165) is 25.8 Å². The lowest BCUT2D eigenvalue weighted by Crippen LogP contribution is -2.55. The largest absolute Gasteiger partial charge is 0.336 e. The van der Waals surface area contributed by atoms with Crippen LogP contribution < -0.4 is 5.32 Å². The van der Waals surface area contributed by atoms with Crippen molar-refractivity contribution in [3.05, 3.63) is 0 Å². The van der Waals surface area contributed by atoms with E-state index in [-0.39, 0.29) is 23.8 Å². The second-order valence-corrected chi connectivity index (χ2v) is 8.36. The molecule has 2 fully saturated rings. The molecule has 1 heterocycles. The number of nitrogens with zero attached hydrogens (tertiary/aromatic N) is 3. The predicted molar refractivity (Wildman–Crippen MR) is 105 cm³/mol. The van der Waals surface area contributed by atoms with E-state index in [9.17, 15) is 14.4 Å². The first kappa shape index (κ1) is 21.8. The fraction of sp³-hybridized carbons (Fsp3) is 0.850. The Labute approximate surface area is 163 Å². The number of likely N-dealkylation sites (tertiary alicyclic amines) is 1. The van der Waals surface area contributed by atoms with Crippen LogP contribution >= 0.6 is 0 Å². The van der Waals surface area contributed by atoms with Gasteiger partial charge in [0.25, 0.3) is 0 Å². The van der Waals surface area contributed by atoms with Crippen LogP contribution in [-0.2, 0) is 9.59 Å². The summed E-state index contributed by atoms with van der Waals surface area (Å²) in [5, 5.41) is 2.87. The lowest BCUT2D eigenvalue weighted by molar-refractivity contribution is -0.138. The number of nitrogens with one attached hydrogen (secondary N) is 1. The van der Waals surface area contributed by atoms with Crippen LogP contribution in [0.15, 0.2) is 0 Å². The molecule has 1 aliphatic carbocycles. The number of rotatable bonds is 7. The zero-order valence-corrected chi connectivity index (χ0v) is 17.4. The highest BCUT2D eigenvalue weighted by molar-refractivity contribution is 5.95. The summed E-state index contributed by atoms with van der Waals surface area (Å²) in [6.07, 6.45) is 4.57. The fourth-order valence-electron chi connectivity index (χ4n) is 4.33. The minimum Gasteiger partial charge on any atom is -0.336 e. The summed E-state index contributed by atoms with van der Waals surface area (Å²) in [6, 6.07) is 0.101. The summed E-state index contributed by atoms with van der Waals surface area (Å²) in [6.45, 7) is 4.43. The summed E-state index contributed by atoms with van der Waals surface area (Å²) < 4.78 is 0. The number of ketones is 1. The van der Waals surface area contributed by atoms with Crippen LogP contribution in [0.5, 0.6) is 0 Å². The highest BCUT2D eigenvalue weighted by Gasteiger charge is 2.42. The molecule has 1 saturated heterocycles. The van der Waals surface area contributed by atoms with Gasteiger partial charge in [0.05, 0.1) is 5.92 Å². The Hall–Kier alpha value is -1.47. The highest BCUT2D eigenvalue weighted by Crippen LogP contribution is 2.36. The number of amides is 3. The number of carbonyl (C=O) groups is 3. The number of fused-ring (bicyclic) bond motifs is 1. The Morgan fingerprint density at radius 3 is 2.67 bits per heavy atom. The maximum absolute atomic E-state index is 13.2. The Kier molecular flexibility index (Phi) is 8.23. The minimum absolute atomic E-state index is 0.0888. The summed E-state index contributed by atoms with van der Waals surface area (Å²) >= 11 is 0. The number of hydrogen-bond acceptors (Lipinski definition) is 5. The van der Waals surface area contributed by atoms with Gasteiger partial charge in [-0.3, -0.25) is 14.5 Å². The van der Waals surface area contributed by atoms with Gasteiger partial charge >= 0.3 is 6.03 Å². The van der Waals surface area contributed by atoms with Crippen molar-refractivity contribution in [2.75, 3.05) is 47.3 Å². The van der Waals surface area contributed by atoms with E-state index in [0.29, 0.717) is 50.7 Å². The van der Waals surface area contributed by atoms with Crippen LogP contribution in [0.1, 0.15) is 45.4 Å². The molecule has 154 valence electrons. The summed E-state index contributed by atoms with van der Waals surface area (Å²) in [5.41, 5.74) is 0. The third-order valence-corrected chi connectivity index (χ3v) is 5.85. The zero-order chi connectivity index (χ0) is 20.0. The van der Waals surface area contributed by atoms with Gasteiger partial charge in [-0.05, 0) is 46.3 Å². The average molecular weight is 381 g/mol. The lowest BCUT2D eigenvalue weighted by atomic mass is 9.74. The van der Waals surface area contributed by atoms with Crippen molar-refractivity contribution in [3.63, 3.8) is 0 Å². The molecular formula is C20H36N4O3. The van der Waals surface area contributed by atoms with E-state index in [2.05, 4.69) is 17.1 Å². The molecule has 0 aromatic carbocycles. The molecule has 7 nitrogen and oxygen atoms in total. The average Bonchev–Trinajstić information content (AvgIpc) is 2.61. The summed E-state index contributed by atoms with van der Waals surface area (Å²) in [7, 11) is 5.94. The van der Waals surface area contributed by atoms with E-state index in [1.54, 1.807) is 0 Å². The van der Waals surface area contributed by atoms with Gasteiger partial charge < -0.3 is 15.1 Å². The van der Waals surface area contributed by atoms with Crippen LogP contribution in [0.25, 0.3) is 0 Å². The van der Waals surface area contributed by atoms with Crippen molar-refractivity contribution in [2.24, 2.45) is 11.8 Å². The van der Waals surface area contributed by atoms with Gasteiger partial charge in [-0.1, -0.05) is 13.3 Å². The number of carbonyl (C=O) groups excluding carboxylic acids is 3. The molecule has 0 spiro atoms. The molecule has 1 N–H and O–H groups in total. The second kappa shape index (κ2) is 10.2. The van der Waals surface area contributed by atoms with Gasteiger partial charge in [0.15, 0.2) is 0 Å². The molecule has 7 heteroatoms. The number of unbranched alkanes of at least 4 members (excludes halogenated alkanes) is 1. The van der Waals surface area contributed by atoms with E-state index in [1.807, 2.05) is 26.0 Å². The van der Waals surface area contributed by atoms with Crippen LogP contribution in [0.2, 0.25) is 0 Å². The Morgan fingerprint density at radius 1 is 1.26 bits per heavy atom. The van der Waals surface area contributed by atoms with Crippen molar-refractivity contribution in [1.82, 2.24) is 20.0 Å². The Bertz CT molecular complexity index is 537. The minimum atomic E-state index is -0.292. The summed E-state index contributed by atoms with van der Waals surface area (Å²) in [4.78, 5) is 43.3. The normalized spacial score (nSPS) is 26.0. The van der Waals surface area contributed by atoms with Gasteiger partial charge in [0.2, 0.25) is 5.91 Å². The maximum atomic E-state index is 13.2. The molecule has 0 unspecified atom stereocenters. The van der Waals surface area contributed by atoms with Crippen LogP contribution in [-0.4, -0.2) is 85.8 Å². The number of imide groups is 1. The quantitative estimate of drug-likeness (QED) is 0.726. The van der Waals surface area contributed by atoms with Crippen LogP contribution in [0.3, 0.4) is 0 Å². The number of likely N-dealkylation sites (N-methyl/N-ethyl adjacent to an activating group) is 1. The predicted octanol–water partition coefficient (Wildman–Crippen LogP) is 1.58.